The third-order valence-corrected chi connectivity index (χ3v) is 5.35. The van der Waals surface area contributed by atoms with E-state index in [1.807, 2.05) is 30.3 Å². The maximum absolute atomic E-state index is 12.8. The SMILES string of the molecule is O=C1C[C@H](c2ccc(C(F)(F)F)cc2)c2cc(Br)c3ccccc3c2N1. The van der Waals surface area contributed by atoms with Gasteiger partial charge in [-0.15, -0.1) is 0 Å². The first-order valence-corrected chi connectivity index (χ1v) is 8.82. The van der Waals surface area contributed by atoms with E-state index in [4.69, 9.17) is 0 Å². The van der Waals surface area contributed by atoms with Gasteiger partial charge in [0.1, 0.15) is 0 Å². The number of anilines is 1. The summed E-state index contributed by atoms with van der Waals surface area (Å²) < 4.78 is 39.3. The van der Waals surface area contributed by atoms with Gasteiger partial charge in [-0.3, -0.25) is 4.79 Å². The predicted octanol–water partition coefficient (Wildman–Crippen LogP) is 6.10. The Morgan fingerprint density at radius 1 is 1.00 bits per heavy atom. The minimum Gasteiger partial charge on any atom is -0.325 e. The molecule has 1 aliphatic rings. The van der Waals surface area contributed by atoms with Gasteiger partial charge < -0.3 is 5.32 Å². The molecule has 4 rings (SSSR count). The summed E-state index contributed by atoms with van der Waals surface area (Å²) in [6.45, 7) is 0. The average Bonchev–Trinajstić information content (AvgIpc) is 2.62. The van der Waals surface area contributed by atoms with Crippen LogP contribution in [-0.2, 0) is 11.0 Å². The van der Waals surface area contributed by atoms with Crippen LogP contribution in [0.4, 0.5) is 18.9 Å². The Morgan fingerprint density at radius 3 is 2.31 bits per heavy atom. The van der Waals surface area contributed by atoms with Gasteiger partial charge in [0.05, 0.1) is 11.3 Å². The van der Waals surface area contributed by atoms with Crippen LogP contribution in [0.2, 0.25) is 0 Å². The molecule has 1 N–H and O–H groups in total. The second-order valence-electron chi connectivity index (χ2n) is 6.29. The molecule has 6 heteroatoms. The van der Waals surface area contributed by atoms with Gasteiger partial charge in [0.15, 0.2) is 0 Å². The molecule has 0 radical (unpaired) electrons. The molecule has 3 aromatic carbocycles. The predicted molar refractivity (Wildman–Crippen MR) is 98.2 cm³/mol. The van der Waals surface area contributed by atoms with E-state index in [1.165, 1.54) is 12.1 Å². The minimum atomic E-state index is -4.38. The zero-order valence-corrected chi connectivity index (χ0v) is 15.0. The van der Waals surface area contributed by atoms with Crippen molar-refractivity contribution in [3.05, 3.63) is 75.8 Å². The number of carbonyl (C=O) groups is 1. The molecule has 0 saturated heterocycles. The van der Waals surface area contributed by atoms with Crippen LogP contribution >= 0.6 is 15.9 Å². The lowest BCUT2D eigenvalue weighted by Gasteiger charge is -2.28. The topological polar surface area (TPSA) is 29.1 Å². The highest BCUT2D eigenvalue weighted by Gasteiger charge is 2.32. The molecular formula is C20H13BrF3NO. The lowest BCUT2D eigenvalue weighted by atomic mass is 9.83. The molecule has 0 spiro atoms. The number of nitrogens with one attached hydrogen (secondary N) is 1. The zero-order valence-electron chi connectivity index (χ0n) is 13.4. The van der Waals surface area contributed by atoms with E-state index in [2.05, 4.69) is 21.2 Å². The van der Waals surface area contributed by atoms with Gasteiger partial charge >= 0.3 is 6.18 Å². The van der Waals surface area contributed by atoms with Crippen molar-refractivity contribution in [2.75, 3.05) is 5.32 Å². The summed E-state index contributed by atoms with van der Waals surface area (Å²) in [6.07, 6.45) is -4.18. The Hall–Kier alpha value is -2.34. The molecule has 0 saturated carbocycles. The highest BCUT2D eigenvalue weighted by molar-refractivity contribution is 9.10. The Kier molecular flexibility index (Phi) is 4.03. The Labute approximate surface area is 156 Å². The van der Waals surface area contributed by atoms with Crippen LogP contribution < -0.4 is 5.32 Å². The average molecular weight is 420 g/mol. The standard InChI is InChI=1S/C20H13BrF3NO/c21-17-9-16-15(11-5-7-12(8-6-11)20(22,23)24)10-18(26)25-19(16)14-4-2-1-3-13(14)17/h1-9,15H,10H2,(H,25,26)/t15-/m1/s1. The van der Waals surface area contributed by atoms with Crippen molar-refractivity contribution in [1.29, 1.82) is 0 Å². The fourth-order valence-electron chi connectivity index (χ4n) is 3.45. The number of amides is 1. The quantitative estimate of drug-likeness (QED) is 0.507. The van der Waals surface area contributed by atoms with Gasteiger partial charge in [-0.05, 0) is 34.7 Å². The molecular weight excluding hydrogens is 407 g/mol. The van der Waals surface area contributed by atoms with Crippen molar-refractivity contribution in [1.82, 2.24) is 0 Å². The van der Waals surface area contributed by atoms with Gasteiger partial charge in [0.2, 0.25) is 5.91 Å². The third kappa shape index (κ3) is 2.88. The van der Waals surface area contributed by atoms with E-state index >= 15 is 0 Å². The lowest BCUT2D eigenvalue weighted by molar-refractivity contribution is -0.137. The molecule has 1 amide bonds. The first kappa shape index (κ1) is 17.1. The van der Waals surface area contributed by atoms with Crippen molar-refractivity contribution in [2.45, 2.75) is 18.5 Å². The van der Waals surface area contributed by atoms with Crippen molar-refractivity contribution < 1.29 is 18.0 Å². The second kappa shape index (κ2) is 6.13. The fourth-order valence-corrected chi connectivity index (χ4v) is 4.05. The molecule has 1 aliphatic heterocycles. The van der Waals surface area contributed by atoms with Crippen molar-refractivity contribution >= 4 is 38.3 Å². The van der Waals surface area contributed by atoms with Crippen molar-refractivity contribution in [2.24, 2.45) is 0 Å². The molecule has 2 nitrogen and oxygen atoms in total. The molecule has 1 atom stereocenters. The van der Waals surface area contributed by atoms with E-state index in [-0.39, 0.29) is 18.2 Å². The Balaban J connectivity index is 1.86. The second-order valence-corrected chi connectivity index (χ2v) is 7.15. The third-order valence-electron chi connectivity index (χ3n) is 4.69. The first-order valence-electron chi connectivity index (χ1n) is 8.03. The monoisotopic (exact) mass is 419 g/mol. The highest BCUT2D eigenvalue weighted by atomic mass is 79.9. The van der Waals surface area contributed by atoms with E-state index in [0.29, 0.717) is 5.56 Å². The molecule has 0 aliphatic carbocycles. The van der Waals surface area contributed by atoms with Crippen LogP contribution in [0.5, 0.6) is 0 Å². The van der Waals surface area contributed by atoms with Crippen LogP contribution in [0, 0.1) is 0 Å². The van der Waals surface area contributed by atoms with Gasteiger partial charge in [0.25, 0.3) is 0 Å². The maximum Gasteiger partial charge on any atom is 0.416 e. The summed E-state index contributed by atoms with van der Waals surface area (Å²) in [5, 5.41) is 4.80. The first-order chi connectivity index (χ1) is 12.3. The number of benzene rings is 3. The Morgan fingerprint density at radius 2 is 1.65 bits per heavy atom. The van der Waals surface area contributed by atoms with Crippen LogP contribution in [-0.4, -0.2) is 5.91 Å². The summed E-state index contributed by atoms with van der Waals surface area (Å²) in [6, 6.07) is 14.7. The van der Waals surface area contributed by atoms with Crippen LogP contribution in [0.25, 0.3) is 10.8 Å². The number of fused-ring (bicyclic) bond motifs is 3. The molecule has 0 aromatic heterocycles. The number of alkyl halides is 3. The smallest absolute Gasteiger partial charge is 0.325 e. The summed E-state index contributed by atoms with van der Waals surface area (Å²) >= 11 is 3.57. The van der Waals surface area contributed by atoms with E-state index in [9.17, 15) is 18.0 Å². The summed E-state index contributed by atoms with van der Waals surface area (Å²) in [7, 11) is 0. The largest absolute Gasteiger partial charge is 0.416 e. The molecule has 26 heavy (non-hydrogen) atoms. The molecule has 0 fully saturated rings. The molecule has 132 valence electrons. The lowest BCUT2D eigenvalue weighted by Crippen LogP contribution is -2.24. The van der Waals surface area contributed by atoms with Crippen LogP contribution in [0.1, 0.15) is 29.0 Å². The van der Waals surface area contributed by atoms with Crippen LogP contribution in [0.3, 0.4) is 0 Å². The van der Waals surface area contributed by atoms with Crippen molar-refractivity contribution in [3.63, 3.8) is 0 Å². The molecule has 3 aromatic rings. The summed E-state index contributed by atoms with van der Waals surface area (Å²) in [4.78, 5) is 12.3. The number of carbonyl (C=O) groups excluding carboxylic acids is 1. The number of hydrogen-bond acceptors (Lipinski definition) is 1. The zero-order chi connectivity index (χ0) is 18.5. The van der Waals surface area contributed by atoms with Crippen LogP contribution in [0.15, 0.2) is 59.1 Å². The molecule has 0 bridgehead atoms. The maximum atomic E-state index is 12.8. The fraction of sp³-hybridized carbons (Fsp3) is 0.150. The molecule has 0 unspecified atom stereocenters. The number of halogens is 4. The van der Waals surface area contributed by atoms with E-state index in [1.54, 1.807) is 0 Å². The van der Waals surface area contributed by atoms with E-state index in [0.717, 1.165) is 38.6 Å². The minimum absolute atomic E-state index is 0.144. The van der Waals surface area contributed by atoms with Gasteiger partial charge in [-0.25, -0.2) is 0 Å². The van der Waals surface area contributed by atoms with Crippen molar-refractivity contribution in [3.8, 4) is 0 Å². The highest BCUT2D eigenvalue weighted by Crippen LogP contribution is 2.44. The van der Waals surface area contributed by atoms with Gasteiger partial charge in [-0.2, -0.15) is 13.2 Å². The number of hydrogen-bond donors (Lipinski definition) is 1. The molecule has 1 heterocycles. The number of rotatable bonds is 1. The summed E-state index contributed by atoms with van der Waals surface area (Å²) in [5.74, 6) is -0.434. The Bertz CT molecular complexity index is 1010. The summed E-state index contributed by atoms with van der Waals surface area (Å²) in [5.41, 5.74) is 1.62. The normalized spacial score (nSPS) is 17.1. The van der Waals surface area contributed by atoms with Gasteiger partial charge in [0, 0.05) is 22.2 Å². The van der Waals surface area contributed by atoms with E-state index < -0.39 is 11.7 Å². The van der Waals surface area contributed by atoms with Gasteiger partial charge in [-0.1, -0.05) is 52.3 Å².